The normalized spacial score (nSPS) is 26.1. The number of nitrogens with zero attached hydrogens (tertiary/aromatic N) is 1. The Morgan fingerprint density at radius 3 is 2.59 bits per heavy atom. The molecule has 2 rings (SSSR count). The molecule has 0 spiro atoms. The van der Waals surface area contributed by atoms with Gasteiger partial charge in [0.2, 0.25) is 0 Å². The molecule has 1 saturated heterocycles. The zero-order valence-electron chi connectivity index (χ0n) is 10.2. The first kappa shape index (κ1) is 13.0. The number of piperazine rings is 1. The summed E-state index contributed by atoms with van der Waals surface area (Å²) in [5.74, 6) is -0.127. The number of hydrogen-bond donors (Lipinski definition) is 1. The summed E-state index contributed by atoms with van der Waals surface area (Å²) in [4.78, 5) is 2.30. The molecule has 4 heteroatoms. The van der Waals surface area contributed by atoms with Gasteiger partial charge in [-0.25, -0.2) is 4.39 Å². The summed E-state index contributed by atoms with van der Waals surface area (Å²) in [7, 11) is 0. The Balaban J connectivity index is 2.04. The SMILES string of the molecule is CC1CN(Cc2ccc(Br)cc2F)CC(C)N1. The Kier molecular flexibility index (Phi) is 4.17. The quantitative estimate of drug-likeness (QED) is 0.903. The molecule has 1 fully saturated rings. The third-order valence-corrected chi connectivity index (χ3v) is 3.54. The van der Waals surface area contributed by atoms with Crippen LogP contribution in [0.3, 0.4) is 0 Å². The Labute approximate surface area is 110 Å². The van der Waals surface area contributed by atoms with Gasteiger partial charge in [0.1, 0.15) is 5.82 Å². The largest absolute Gasteiger partial charge is 0.309 e. The maximum Gasteiger partial charge on any atom is 0.128 e. The molecule has 2 unspecified atom stereocenters. The van der Waals surface area contributed by atoms with Crippen molar-refractivity contribution in [2.24, 2.45) is 0 Å². The highest BCUT2D eigenvalue weighted by Gasteiger charge is 2.21. The minimum absolute atomic E-state index is 0.127. The summed E-state index contributed by atoms with van der Waals surface area (Å²) < 4.78 is 14.5. The van der Waals surface area contributed by atoms with Crippen LogP contribution >= 0.6 is 15.9 Å². The Morgan fingerprint density at radius 2 is 2.00 bits per heavy atom. The smallest absolute Gasteiger partial charge is 0.128 e. The van der Waals surface area contributed by atoms with Crippen LogP contribution in [0.15, 0.2) is 22.7 Å². The molecule has 1 aromatic carbocycles. The van der Waals surface area contributed by atoms with Crippen molar-refractivity contribution in [1.29, 1.82) is 0 Å². The second-order valence-electron chi connectivity index (χ2n) is 4.90. The molecule has 17 heavy (non-hydrogen) atoms. The maximum absolute atomic E-state index is 13.7. The first-order chi connectivity index (χ1) is 8.04. The van der Waals surface area contributed by atoms with Gasteiger partial charge >= 0.3 is 0 Å². The lowest BCUT2D eigenvalue weighted by atomic mass is 10.1. The van der Waals surface area contributed by atoms with E-state index in [4.69, 9.17) is 0 Å². The van der Waals surface area contributed by atoms with Crippen molar-refractivity contribution in [3.8, 4) is 0 Å². The third kappa shape index (κ3) is 3.50. The highest BCUT2D eigenvalue weighted by atomic mass is 79.9. The monoisotopic (exact) mass is 300 g/mol. The average Bonchev–Trinajstić information content (AvgIpc) is 2.21. The molecule has 1 aliphatic rings. The highest BCUT2D eigenvalue weighted by molar-refractivity contribution is 9.10. The van der Waals surface area contributed by atoms with E-state index in [9.17, 15) is 4.39 Å². The fourth-order valence-electron chi connectivity index (χ4n) is 2.46. The zero-order chi connectivity index (χ0) is 12.4. The van der Waals surface area contributed by atoms with Gasteiger partial charge in [0.05, 0.1) is 0 Å². The van der Waals surface area contributed by atoms with Gasteiger partial charge in [0.25, 0.3) is 0 Å². The van der Waals surface area contributed by atoms with Gasteiger partial charge in [-0.05, 0) is 26.0 Å². The van der Waals surface area contributed by atoms with Gasteiger partial charge in [-0.3, -0.25) is 4.90 Å². The second kappa shape index (κ2) is 5.46. The van der Waals surface area contributed by atoms with Gasteiger partial charge < -0.3 is 5.32 Å². The predicted molar refractivity (Wildman–Crippen MR) is 71.4 cm³/mol. The van der Waals surface area contributed by atoms with Crippen LogP contribution in [-0.4, -0.2) is 30.1 Å². The second-order valence-corrected chi connectivity index (χ2v) is 5.81. The van der Waals surface area contributed by atoms with Crippen LogP contribution in [0.1, 0.15) is 19.4 Å². The van der Waals surface area contributed by atoms with E-state index in [0.717, 1.165) is 23.1 Å². The molecule has 0 saturated carbocycles. The topological polar surface area (TPSA) is 15.3 Å². The van der Waals surface area contributed by atoms with Crippen LogP contribution in [0.5, 0.6) is 0 Å². The number of benzene rings is 1. The van der Waals surface area contributed by atoms with Crippen molar-refractivity contribution in [3.63, 3.8) is 0 Å². The summed E-state index contributed by atoms with van der Waals surface area (Å²) in [5, 5.41) is 3.48. The summed E-state index contributed by atoms with van der Waals surface area (Å²) in [6.45, 7) is 6.97. The van der Waals surface area contributed by atoms with Gasteiger partial charge in [0, 0.05) is 41.8 Å². The molecular weight excluding hydrogens is 283 g/mol. The van der Waals surface area contributed by atoms with Crippen molar-refractivity contribution in [2.45, 2.75) is 32.5 Å². The van der Waals surface area contributed by atoms with E-state index in [1.807, 2.05) is 12.1 Å². The minimum Gasteiger partial charge on any atom is -0.309 e. The third-order valence-electron chi connectivity index (χ3n) is 3.04. The van der Waals surface area contributed by atoms with E-state index in [0.29, 0.717) is 18.6 Å². The molecule has 1 heterocycles. The number of nitrogens with one attached hydrogen (secondary N) is 1. The first-order valence-corrected chi connectivity index (χ1v) is 6.76. The van der Waals surface area contributed by atoms with Crippen LogP contribution in [0, 0.1) is 5.82 Å². The molecule has 1 N–H and O–H groups in total. The Hall–Kier alpha value is -0.450. The lowest BCUT2D eigenvalue weighted by Gasteiger charge is -2.36. The van der Waals surface area contributed by atoms with E-state index in [2.05, 4.69) is 40.0 Å². The van der Waals surface area contributed by atoms with Crippen LogP contribution in [-0.2, 0) is 6.54 Å². The summed E-state index contributed by atoms with van der Waals surface area (Å²) >= 11 is 3.28. The van der Waals surface area contributed by atoms with Crippen molar-refractivity contribution < 1.29 is 4.39 Å². The van der Waals surface area contributed by atoms with Crippen molar-refractivity contribution in [1.82, 2.24) is 10.2 Å². The lowest BCUT2D eigenvalue weighted by Crippen LogP contribution is -2.53. The standard InChI is InChI=1S/C13H18BrFN2/c1-9-6-17(7-10(2)16-9)8-11-3-4-12(14)5-13(11)15/h3-5,9-10,16H,6-8H2,1-2H3. The van der Waals surface area contributed by atoms with Gasteiger partial charge in [-0.1, -0.05) is 22.0 Å². The molecule has 94 valence electrons. The van der Waals surface area contributed by atoms with Crippen molar-refractivity contribution >= 4 is 15.9 Å². The van der Waals surface area contributed by atoms with Crippen molar-refractivity contribution in [3.05, 3.63) is 34.1 Å². The van der Waals surface area contributed by atoms with Gasteiger partial charge in [-0.2, -0.15) is 0 Å². The van der Waals surface area contributed by atoms with E-state index < -0.39 is 0 Å². The van der Waals surface area contributed by atoms with Crippen LogP contribution in [0.2, 0.25) is 0 Å². The molecular formula is C13H18BrFN2. The first-order valence-electron chi connectivity index (χ1n) is 5.97. The molecule has 0 aliphatic carbocycles. The molecule has 0 radical (unpaired) electrons. The molecule has 0 aromatic heterocycles. The maximum atomic E-state index is 13.7. The van der Waals surface area contributed by atoms with Crippen LogP contribution in [0.25, 0.3) is 0 Å². The average molecular weight is 301 g/mol. The summed E-state index contributed by atoms with van der Waals surface area (Å²) in [5.41, 5.74) is 0.773. The summed E-state index contributed by atoms with van der Waals surface area (Å²) in [6.07, 6.45) is 0. The van der Waals surface area contributed by atoms with E-state index in [1.54, 1.807) is 0 Å². The fourth-order valence-corrected chi connectivity index (χ4v) is 2.79. The van der Waals surface area contributed by atoms with E-state index in [-0.39, 0.29) is 5.82 Å². The van der Waals surface area contributed by atoms with Gasteiger partial charge in [0.15, 0.2) is 0 Å². The molecule has 1 aliphatic heterocycles. The number of halogens is 2. The molecule has 0 amide bonds. The number of rotatable bonds is 2. The fraction of sp³-hybridized carbons (Fsp3) is 0.538. The minimum atomic E-state index is -0.127. The molecule has 2 atom stereocenters. The van der Waals surface area contributed by atoms with E-state index in [1.165, 1.54) is 6.07 Å². The highest BCUT2D eigenvalue weighted by Crippen LogP contribution is 2.18. The van der Waals surface area contributed by atoms with Crippen molar-refractivity contribution in [2.75, 3.05) is 13.1 Å². The summed E-state index contributed by atoms with van der Waals surface area (Å²) in [6, 6.07) is 6.23. The molecule has 2 nitrogen and oxygen atoms in total. The molecule has 1 aromatic rings. The van der Waals surface area contributed by atoms with Crippen LogP contribution in [0.4, 0.5) is 4.39 Å². The Morgan fingerprint density at radius 1 is 1.35 bits per heavy atom. The lowest BCUT2D eigenvalue weighted by molar-refractivity contribution is 0.165. The Bertz CT molecular complexity index is 387. The zero-order valence-corrected chi connectivity index (χ0v) is 11.8. The predicted octanol–water partition coefficient (Wildman–Crippen LogP) is 2.77. The number of hydrogen-bond acceptors (Lipinski definition) is 2. The van der Waals surface area contributed by atoms with E-state index >= 15 is 0 Å². The molecule has 0 bridgehead atoms. The van der Waals surface area contributed by atoms with Gasteiger partial charge in [-0.15, -0.1) is 0 Å². The van der Waals surface area contributed by atoms with Crippen LogP contribution < -0.4 is 5.32 Å².